The minimum atomic E-state index is -3.02. The molecular weight excluding hydrogens is 374 g/mol. The van der Waals surface area contributed by atoms with Crippen molar-refractivity contribution in [2.75, 3.05) is 23.4 Å². The minimum absolute atomic E-state index is 0.110. The number of hydrogen-bond acceptors (Lipinski definition) is 7. The Morgan fingerprint density at radius 1 is 1.46 bits per heavy atom. The van der Waals surface area contributed by atoms with Crippen molar-refractivity contribution in [1.29, 1.82) is 5.26 Å². The first-order valence-electron chi connectivity index (χ1n) is 8.21. The van der Waals surface area contributed by atoms with Crippen molar-refractivity contribution >= 4 is 32.1 Å². The van der Waals surface area contributed by atoms with Gasteiger partial charge in [0, 0.05) is 19.0 Å². The summed E-state index contributed by atoms with van der Waals surface area (Å²) in [6.45, 7) is 0.878. The summed E-state index contributed by atoms with van der Waals surface area (Å²) in [6, 6.07) is 7.20. The zero-order chi connectivity index (χ0) is 18.6. The van der Waals surface area contributed by atoms with Gasteiger partial charge in [0.2, 0.25) is 5.91 Å². The van der Waals surface area contributed by atoms with Crippen LogP contribution in [-0.4, -0.2) is 43.3 Å². The summed E-state index contributed by atoms with van der Waals surface area (Å²) in [6.07, 6.45) is 2.35. The summed E-state index contributed by atoms with van der Waals surface area (Å²) in [4.78, 5) is 14.2. The van der Waals surface area contributed by atoms with Crippen molar-refractivity contribution in [3.05, 3.63) is 41.2 Å². The molecule has 7 nitrogen and oxygen atoms in total. The fraction of sp³-hybridized carbons (Fsp3) is 0.412. The highest BCUT2D eigenvalue weighted by molar-refractivity contribution is 7.91. The number of amides is 1. The predicted octanol–water partition coefficient (Wildman–Crippen LogP) is 2.23. The Kier molecular flexibility index (Phi) is 5.76. The second-order valence-corrected chi connectivity index (χ2v) is 9.32. The fourth-order valence-electron chi connectivity index (χ4n) is 2.99. The number of thiophene rings is 1. The van der Waals surface area contributed by atoms with Crippen LogP contribution in [0.1, 0.15) is 24.2 Å². The van der Waals surface area contributed by atoms with Gasteiger partial charge in [-0.3, -0.25) is 9.69 Å². The van der Waals surface area contributed by atoms with Crippen LogP contribution < -0.4 is 5.32 Å². The van der Waals surface area contributed by atoms with Crippen molar-refractivity contribution < 1.29 is 17.6 Å². The number of anilines is 1. The molecule has 0 spiro atoms. The number of nitriles is 1. The summed E-state index contributed by atoms with van der Waals surface area (Å²) >= 11 is 1.30. The van der Waals surface area contributed by atoms with Crippen LogP contribution in [0.15, 0.2) is 34.3 Å². The smallest absolute Gasteiger partial charge is 0.226 e. The standard InChI is InChI=1S/C17H19N3O4S2/c18-10-13-4-8-25-17(13)19-16(21)3-6-20(11-15-2-1-7-24-15)14-5-9-26(22,23)12-14/h1-2,4,7-8,14H,3,5-6,9,11-12H2,(H,19,21). The van der Waals surface area contributed by atoms with E-state index in [1.54, 1.807) is 23.8 Å². The Balaban J connectivity index is 1.62. The van der Waals surface area contributed by atoms with Gasteiger partial charge in [0.25, 0.3) is 0 Å². The highest BCUT2D eigenvalue weighted by Gasteiger charge is 2.32. The Hall–Kier alpha value is -2.15. The van der Waals surface area contributed by atoms with E-state index in [4.69, 9.17) is 9.68 Å². The largest absolute Gasteiger partial charge is 0.468 e. The van der Waals surface area contributed by atoms with E-state index in [-0.39, 0.29) is 29.9 Å². The first kappa shape index (κ1) is 18.6. The van der Waals surface area contributed by atoms with Crippen molar-refractivity contribution in [3.8, 4) is 6.07 Å². The Labute approximate surface area is 156 Å². The molecule has 0 bridgehead atoms. The lowest BCUT2D eigenvalue weighted by atomic mass is 10.2. The quantitative estimate of drug-likeness (QED) is 0.774. The molecule has 2 aromatic rings. The van der Waals surface area contributed by atoms with Gasteiger partial charge in [0.1, 0.15) is 16.8 Å². The molecule has 0 aliphatic carbocycles. The predicted molar refractivity (Wildman–Crippen MR) is 98.5 cm³/mol. The molecule has 1 N–H and O–H groups in total. The molecule has 9 heteroatoms. The number of furan rings is 1. The Bertz CT molecular complexity index is 897. The third-order valence-electron chi connectivity index (χ3n) is 4.33. The van der Waals surface area contributed by atoms with Crippen molar-refractivity contribution in [2.45, 2.75) is 25.4 Å². The van der Waals surface area contributed by atoms with Gasteiger partial charge in [-0.15, -0.1) is 11.3 Å². The third kappa shape index (κ3) is 4.72. The van der Waals surface area contributed by atoms with Crippen LogP contribution in [0.5, 0.6) is 0 Å². The first-order valence-corrected chi connectivity index (χ1v) is 10.9. The molecule has 1 saturated heterocycles. The molecule has 1 aliphatic heterocycles. The lowest BCUT2D eigenvalue weighted by Crippen LogP contribution is -2.37. The molecule has 3 rings (SSSR count). The normalized spacial score (nSPS) is 18.7. The lowest BCUT2D eigenvalue weighted by molar-refractivity contribution is -0.116. The Morgan fingerprint density at radius 3 is 2.96 bits per heavy atom. The van der Waals surface area contributed by atoms with Gasteiger partial charge >= 0.3 is 0 Å². The van der Waals surface area contributed by atoms with Gasteiger partial charge in [-0.25, -0.2) is 8.42 Å². The van der Waals surface area contributed by atoms with Gasteiger partial charge in [-0.05, 0) is 30.0 Å². The van der Waals surface area contributed by atoms with E-state index in [1.165, 1.54) is 11.3 Å². The van der Waals surface area contributed by atoms with Crippen LogP contribution >= 0.6 is 11.3 Å². The molecule has 3 heterocycles. The number of rotatable bonds is 7. The number of hydrogen-bond donors (Lipinski definition) is 1. The van der Waals surface area contributed by atoms with Gasteiger partial charge in [0.15, 0.2) is 9.84 Å². The van der Waals surface area contributed by atoms with Crippen LogP contribution in [0.4, 0.5) is 5.00 Å². The summed E-state index contributed by atoms with van der Waals surface area (Å²) in [5, 5.41) is 14.0. The molecular formula is C17H19N3O4S2. The lowest BCUT2D eigenvalue weighted by Gasteiger charge is -2.26. The molecule has 26 heavy (non-hydrogen) atoms. The van der Waals surface area contributed by atoms with E-state index < -0.39 is 9.84 Å². The summed E-state index contributed by atoms with van der Waals surface area (Å²) in [5.41, 5.74) is 0.442. The average molecular weight is 393 g/mol. The highest BCUT2D eigenvalue weighted by Crippen LogP contribution is 2.23. The van der Waals surface area contributed by atoms with Crippen LogP contribution in [0, 0.1) is 11.3 Å². The average Bonchev–Trinajstić information content (AvgIpc) is 3.32. The molecule has 1 atom stereocenters. The second kappa shape index (κ2) is 8.03. The van der Waals surface area contributed by atoms with Gasteiger partial charge in [-0.1, -0.05) is 0 Å². The molecule has 1 aliphatic rings. The van der Waals surface area contributed by atoms with Crippen molar-refractivity contribution in [1.82, 2.24) is 4.90 Å². The van der Waals surface area contributed by atoms with E-state index in [0.717, 1.165) is 5.76 Å². The summed E-state index contributed by atoms with van der Waals surface area (Å²) in [7, 11) is -3.02. The maximum Gasteiger partial charge on any atom is 0.226 e. The van der Waals surface area contributed by atoms with E-state index in [1.807, 2.05) is 17.0 Å². The fourth-order valence-corrected chi connectivity index (χ4v) is 5.50. The van der Waals surface area contributed by atoms with Crippen molar-refractivity contribution in [3.63, 3.8) is 0 Å². The van der Waals surface area contributed by atoms with Crippen LogP contribution in [0.25, 0.3) is 0 Å². The zero-order valence-electron chi connectivity index (χ0n) is 14.1. The maximum atomic E-state index is 12.2. The minimum Gasteiger partial charge on any atom is -0.468 e. The molecule has 1 amide bonds. The summed E-state index contributed by atoms with van der Waals surface area (Å²) in [5.74, 6) is 0.826. The number of sulfone groups is 1. The van der Waals surface area contributed by atoms with Gasteiger partial charge in [0.05, 0.1) is 29.9 Å². The number of carbonyl (C=O) groups excluding carboxylic acids is 1. The molecule has 2 aromatic heterocycles. The van der Waals surface area contributed by atoms with Crippen molar-refractivity contribution in [2.24, 2.45) is 0 Å². The van der Waals surface area contributed by atoms with Crippen LogP contribution in [-0.2, 0) is 21.2 Å². The van der Waals surface area contributed by atoms with E-state index in [9.17, 15) is 13.2 Å². The maximum absolute atomic E-state index is 12.2. The zero-order valence-corrected chi connectivity index (χ0v) is 15.7. The third-order valence-corrected chi connectivity index (χ3v) is 6.91. The van der Waals surface area contributed by atoms with Gasteiger partial charge in [-0.2, -0.15) is 5.26 Å². The monoisotopic (exact) mass is 393 g/mol. The topological polar surface area (TPSA) is 103 Å². The Morgan fingerprint density at radius 2 is 2.31 bits per heavy atom. The first-order chi connectivity index (χ1) is 12.5. The van der Waals surface area contributed by atoms with E-state index in [2.05, 4.69) is 5.32 Å². The molecule has 1 fully saturated rings. The van der Waals surface area contributed by atoms with E-state index >= 15 is 0 Å². The second-order valence-electron chi connectivity index (χ2n) is 6.18. The molecule has 0 radical (unpaired) electrons. The SMILES string of the molecule is N#Cc1ccsc1NC(=O)CCN(Cc1ccco1)C1CCS(=O)(=O)C1. The molecule has 1 unspecified atom stereocenters. The highest BCUT2D eigenvalue weighted by atomic mass is 32.2. The van der Waals surface area contributed by atoms with E-state index in [0.29, 0.717) is 30.1 Å². The number of nitrogens with zero attached hydrogens (tertiary/aromatic N) is 2. The molecule has 0 saturated carbocycles. The summed E-state index contributed by atoms with van der Waals surface area (Å²) < 4.78 is 29.0. The number of carbonyl (C=O) groups is 1. The van der Waals surface area contributed by atoms with Crippen LogP contribution in [0.3, 0.4) is 0 Å². The van der Waals surface area contributed by atoms with Crippen LogP contribution in [0.2, 0.25) is 0 Å². The number of nitrogens with one attached hydrogen (secondary N) is 1. The molecule has 0 aromatic carbocycles. The van der Waals surface area contributed by atoms with Gasteiger partial charge < -0.3 is 9.73 Å². The molecule has 138 valence electrons.